The molecule has 3 N–H and O–H groups in total. The second-order valence-corrected chi connectivity index (χ2v) is 19.4. The van der Waals surface area contributed by atoms with Gasteiger partial charge in [0, 0.05) is 51.8 Å². The molecule has 0 aliphatic heterocycles. The van der Waals surface area contributed by atoms with Crippen LogP contribution in [0.1, 0.15) is 37.9 Å². The standard InChI is InChI=1S/3C19H18N4OS/c3*1-3-24-15-9-7-14(8-10-15)21-19-22-16(12-25-19)18-13(2)20-17-6-4-5-11-23(17)18/h3*4-12H,3H2,1-2H3,(H,21,22). The van der Waals surface area contributed by atoms with Crippen LogP contribution in [0.15, 0.2) is 162 Å². The van der Waals surface area contributed by atoms with Gasteiger partial charge in [0.15, 0.2) is 15.4 Å². The largest absolute Gasteiger partial charge is 0.494 e. The van der Waals surface area contributed by atoms with E-state index in [1.54, 1.807) is 34.0 Å². The summed E-state index contributed by atoms with van der Waals surface area (Å²) >= 11 is 4.74. The van der Waals surface area contributed by atoms with Gasteiger partial charge in [0.05, 0.1) is 54.0 Å². The molecule has 0 aliphatic rings. The van der Waals surface area contributed by atoms with Crippen molar-refractivity contribution in [2.45, 2.75) is 41.5 Å². The van der Waals surface area contributed by atoms with Gasteiger partial charge in [-0.25, -0.2) is 29.9 Å². The molecule has 0 spiro atoms. The average Bonchev–Trinajstić information content (AvgIpc) is 4.31. The average molecular weight is 1050 g/mol. The highest BCUT2D eigenvalue weighted by atomic mass is 32.1. The van der Waals surface area contributed by atoms with E-state index in [0.717, 1.165) is 118 Å². The number of imidazole rings is 3. The minimum atomic E-state index is 0.668. The van der Waals surface area contributed by atoms with Crippen LogP contribution in [0.2, 0.25) is 0 Å². The number of pyridine rings is 3. The van der Waals surface area contributed by atoms with Gasteiger partial charge in [0.2, 0.25) is 0 Å². The summed E-state index contributed by atoms with van der Waals surface area (Å²) in [7, 11) is 0. The van der Waals surface area contributed by atoms with Gasteiger partial charge in [-0.1, -0.05) is 18.2 Å². The molecular formula is C57H54N12O3S3. The van der Waals surface area contributed by atoms with E-state index in [1.165, 1.54) is 0 Å². The molecule has 0 saturated carbocycles. The van der Waals surface area contributed by atoms with Crippen LogP contribution in [0.4, 0.5) is 32.5 Å². The number of ether oxygens (including phenoxy) is 3. The first-order valence-corrected chi connectivity index (χ1v) is 27.1. The number of aromatic nitrogens is 9. The maximum Gasteiger partial charge on any atom is 0.187 e. The van der Waals surface area contributed by atoms with Gasteiger partial charge in [0.1, 0.15) is 51.3 Å². The first-order valence-electron chi connectivity index (χ1n) is 24.4. The van der Waals surface area contributed by atoms with Crippen LogP contribution in [0.3, 0.4) is 0 Å². The number of aryl methyl sites for hydroxylation is 3. The smallest absolute Gasteiger partial charge is 0.187 e. The number of rotatable bonds is 15. The molecule has 0 unspecified atom stereocenters. The molecule has 9 aromatic heterocycles. The molecule has 0 saturated heterocycles. The lowest BCUT2D eigenvalue weighted by atomic mass is 10.3. The number of nitrogens with zero attached hydrogens (tertiary/aromatic N) is 9. The third kappa shape index (κ3) is 11.6. The number of hydrogen-bond acceptors (Lipinski definition) is 15. The first kappa shape index (κ1) is 50.0. The Morgan fingerprint density at radius 2 is 0.653 bits per heavy atom. The maximum atomic E-state index is 5.47. The maximum absolute atomic E-state index is 5.47. The van der Waals surface area contributed by atoms with Crippen LogP contribution in [0, 0.1) is 20.8 Å². The van der Waals surface area contributed by atoms with E-state index in [-0.39, 0.29) is 0 Å². The summed E-state index contributed by atoms with van der Waals surface area (Å²) in [4.78, 5) is 28.0. The normalized spacial score (nSPS) is 11.0. The van der Waals surface area contributed by atoms with Crippen LogP contribution in [0.5, 0.6) is 17.2 Å². The summed E-state index contributed by atoms with van der Waals surface area (Å²) in [5, 5.41) is 18.8. The molecule has 15 nitrogen and oxygen atoms in total. The number of benzene rings is 3. The number of thiazole rings is 3. The van der Waals surface area contributed by atoms with Gasteiger partial charge in [-0.3, -0.25) is 13.2 Å². The molecule has 0 fully saturated rings. The van der Waals surface area contributed by atoms with Crippen molar-refractivity contribution in [1.82, 2.24) is 43.1 Å². The number of fused-ring (bicyclic) bond motifs is 3. The van der Waals surface area contributed by atoms with E-state index >= 15 is 0 Å². The topological polar surface area (TPSA) is 154 Å². The molecule has 0 amide bonds. The lowest BCUT2D eigenvalue weighted by molar-refractivity contribution is 0.340. The second kappa shape index (κ2) is 23.1. The molecule has 9 heterocycles. The lowest BCUT2D eigenvalue weighted by Crippen LogP contribution is -1.93. The SMILES string of the molecule is CCOc1ccc(Nc2nc(-c3c(C)nc4ccccn34)cs2)cc1.CCOc1ccc(Nc2nc(-c3c(C)nc4ccccn34)cs2)cc1.CCOc1ccc(Nc2nc(-c3c(C)nc4ccccn34)cs2)cc1. The van der Waals surface area contributed by atoms with Crippen LogP contribution in [-0.2, 0) is 0 Å². The third-order valence-corrected chi connectivity index (χ3v) is 13.9. The van der Waals surface area contributed by atoms with E-state index in [0.29, 0.717) is 19.8 Å². The zero-order chi connectivity index (χ0) is 51.7. The molecule has 0 radical (unpaired) electrons. The molecule has 0 atom stereocenters. The van der Waals surface area contributed by atoms with Gasteiger partial charge < -0.3 is 30.2 Å². The monoisotopic (exact) mass is 1050 g/mol. The number of hydrogen-bond donors (Lipinski definition) is 3. The molecular weight excluding hydrogens is 997 g/mol. The summed E-state index contributed by atoms with van der Waals surface area (Å²) in [6.07, 6.45) is 6.05. The Hall–Kier alpha value is -8.58. The Bertz CT molecular complexity index is 3410. The minimum Gasteiger partial charge on any atom is -0.494 e. The fourth-order valence-electron chi connectivity index (χ4n) is 8.36. The van der Waals surface area contributed by atoms with Gasteiger partial charge in [-0.15, -0.1) is 34.0 Å². The van der Waals surface area contributed by atoms with Crippen molar-refractivity contribution in [3.05, 3.63) is 179 Å². The van der Waals surface area contributed by atoms with Crippen LogP contribution < -0.4 is 30.2 Å². The minimum absolute atomic E-state index is 0.668. The zero-order valence-corrected chi connectivity index (χ0v) is 44.6. The predicted molar refractivity (Wildman–Crippen MR) is 306 cm³/mol. The van der Waals surface area contributed by atoms with Crippen molar-refractivity contribution in [2.75, 3.05) is 35.8 Å². The summed E-state index contributed by atoms with van der Waals surface area (Å²) in [5.41, 5.74) is 14.6. The highest BCUT2D eigenvalue weighted by Gasteiger charge is 2.17. The van der Waals surface area contributed by atoms with E-state index in [4.69, 9.17) is 29.2 Å². The quantitative estimate of drug-likeness (QED) is 0.0895. The third-order valence-electron chi connectivity index (χ3n) is 11.6. The Labute approximate surface area is 446 Å². The highest BCUT2D eigenvalue weighted by molar-refractivity contribution is 7.14. The fourth-order valence-corrected chi connectivity index (χ4v) is 10.5. The summed E-state index contributed by atoms with van der Waals surface area (Å²) in [5.74, 6) is 2.61. The predicted octanol–water partition coefficient (Wildman–Crippen LogP) is 14.7. The van der Waals surface area contributed by atoms with Gasteiger partial charge in [-0.05, 0) is 151 Å². The van der Waals surface area contributed by atoms with E-state index in [2.05, 4.69) is 60.2 Å². The first-order chi connectivity index (χ1) is 36.7. The van der Waals surface area contributed by atoms with Crippen molar-refractivity contribution in [3.63, 3.8) is 0 Å². The second-order valence-electron chi connectivity index (χ2n) is 16.8. The molecule has 12 rings (SSSR count). The molecule has 18 heteroatoms. The highest BCUT2D eigenvalue weighted by Crippen LogP contribution is 2.33. The van der Waals surface area contributed by atoms with Crippen molar-refractivity contribution in [2.24, 2.45) is 0 Å². The molecule has 3 aromatic carbocycles. The Morgan fingerprint density at radius 3 is 0.920 bits per heavy atom. The molecule has 378 valence electrons. The van der Waals surface area contributed by atoms with Crippen molar-refractivity contribution in [3.8, 4) is 51.4 Å². The van der Waals surface area contributed by atoms with Crippen molar-refractivity contribution >= 4 is 83.4 Å². The summed E-state index contributed by atoms with van der Waals surface area (Å²) in [6, 6.07) is 41.7. The van der Waals surface area contributed by atoms with Crippen LogP contribution >= 0.6 is 34.0 Å². The zero-order valence-electron chi connectivity index (χ0n) is 42.2. The van der Waals surface area contributed by atoms with E-state index in [1.807, 2.05) is 188 Å². The summed E-state index contributed by atoms with van der Waals surface area (Å²) in [6.45, 7) is 14.0. The van der Waals surface area contributed by atoms with E-state index < -0.39 is 0 Å². The molecule has 0 bridgehead atoms. The number of nitrogens with one attached hydrogen (secondary N) is 3. The van der Waals surface area contributed by atoms with Crippen molar-refractivity contribution in [1.29, 1.82) is 0 Å². The lowest BCUT2D eigenvalue weighted by Gasteiger charge is -2.05. The van der Waals surface area contributed by atoms with Gasteiger partial charge in [-0.2, -0.15) is 0 Å². The number of anilines is 6. The Kier molecular flexibility index (Phi) is 15.4. The van der Waals surface area contributed by atoms with Crippen LogP contribution in [0.25, 0.3) is 51.1 Å². The van der Waals surface area contributed by atoms with E-state index in [9.17, 15) is 0 Å². The van der Waals surface area contributed by atoms with Crippen LogP contribution in [-0.4, -0.2) is 62.9 Å². The van der Waals surface area contributed by atoms with Gasteiger partial charge >= 0.3 is 0 Å². The van der Waals surface area contributed by atoms with Gasteiger partial charge in [0.25, 0.3) is 0 Å². The molecule has 75 heavy (non-hydrogen) atoms. The molecule has 12 aromatic rings. The Balaban J connectivity index is 0.000000128. The summed E-state index contributed by atoms with van der Waals surface area (Å²) < 4.78 is 22.6. The van der Waals surface area contributed by atoms with Crippen molar-refractivity contribution < 1.29 is 14.2 Å². The molecule has 0 aliphatic carbocycles. The fraction of sp³-hybridized carbons (Fsp3) is 0.158. The Morgan fingerprint density at radius 1 is 0.373 bits per heavy atom.